The first-order valence-corrected chi connectivity index (χ1v) is 9.50. The van der Waals surface area contributed by atoms with Crippen molar-refractivity contribution in [2.24, 2.45) is 0 Å². The van der Waals surface area contributed by atoms with Crippen LogP contribution in [0.15, 0.2) is 66.9 Å². The molecule has 1 N–H and O–H groups in total. The maximum absolute atomic E-state index is 12.7. The molecule has 1 aromatic heterocycles. The Bertz CT molecular complexity index is 918. The lowest BCUT2D eigenvalue weighted by molar-refractivity contribution is 0.0673. The first kappa shape index (κ1) is 18.3. The highest BCUT2D eigenvalue weighted by molar-refractivity contribution is 6.05. The summed E-state index contributed by atoms with van der Waals surface area (Å²) >= 11 is 0. The second-order valence-corrected chi connectivity index (χ2v) is 6.78. The van der Waals surface area contributed by atoms with E-state index >= 15 is 0 Å². The van der Waals surface area contributed by atoms with E-state index in [-0.39, 0.29) is 12.0 Å². The minimum absolute atomic E-state index is 0.102. The molecule has 28 heavy (non-hydrogen) atoms. The Kier molecular flexibility index (Phi) is 5.68. The van der Waals surface area contributed by atoms with Gasteiger partial charge in [0.15, 0.2) is 5.82 Å². The number of carbonyl (C=O) groups is 1. The highest BCUT2D eigenvalue weighted by atomic mass is 16.5. The van der Waals surface area contributed by atoms with Gasteiger partial charge in [-0.05, 0) is 30.5 Å². The fourth-order valence-corrected chi connectivity index (χ4v) is 3.21. The van der Waals surface area contributed by atoms with Crippen LogP contribution in [0.5, 0.6) is 5.75 Å². The summed E-state index contributed by atoms with van der Waals surface area (Å²) in [5.41, 5.74) is 1.63. The molecule has 1 atom stereocenters. The van der Waals surface area contributed by atoms with Crippen LogP contribution in [0.1, 0.15) is 28.8 Å². The first-order valence-electron chi connectivity index (χ1n) is 9.50. The van der Waals surface area contributed by atoms with Crippen LogP contribution in [-0.2, 0) is 11.3 Å². The van der Waals surface area contributed by atoms with E-state index in [0.717, 1.165) is 25.0 Å². The van der Waals surface area contributed by atoms with Gasteiger partial charge in [-0.25, -0.2) is 0 Å². The van der Waals surface area contributed by atoms with Crippen molar-refractivity contribution in [3.63, 3.8) is 0 Å². The lowest BCUT2D eigenvalue weighted by Gasteiger charge is -2.14. The minimum Gasteiger partial charge on any atom is -0.490 e. The van der Waals surface area contributed by atoms with Gasteiger partial charge < -0.3 is 14.8 Å². The number of ether oxygens (including phenoxy) is 2. The molecule has 144 valence electrons. The zero-order chi connectivity index (χ0) is 19.2. The summed E-state index contributed by atoms with van der Waals surface area (Å²) in [6.45, 7) is 1.88. The molecule has 6 nitrogen and oxygen atoms in total. The van der Waals surface area contributed by atoms with Gasteiger partial charge in [-0.2, -0.15) is 5.10 Å². The maximum Gasteiger partial charge on any atom is 0.260 e. The van der Waals surface area contributed by atoms with E-state index in [1.54, 1.807) is 22.9 Å². The van der Waals surface area contributed by atoms with E-state index in [2.05, 4.69) is 10.4 Å². The highest BCUT2D eigenvalue weighted by Crippen LogP contribution is 2.21. The van der Waals surface area contributed by atoms with Gasteiger partial charge in [0.2, 0.25) is 0 Å². The Balaban J connectivity index is 1.39. The van der Waals surface area contributed by atoms with Crippen LogP contribution in [0.3, 0.4) is 0 Å². The van der Waals surface area contributed by atoms with Crippen molar-refractivity contribution in [3.8, 4) is 5.75 Å². The summed E-state index contributed by atoms with van der Waals surface area (Å²) in [5, 5.41) is 7.28. The molecule has 1 fully saturated rings. The number of nitrogens with zero attached hydrogens (tertiary/aromatic N) is 2. The Morgan fingerprint density at radius 1 is 1.14 bits per heavy atom. The molecule has 4 rings (SSSR count). The zero-order valence-electron chi connectivity index (χ0n) is 15.6. The van der Waals surface area contributed by atoms with Crippen LogP contribution in [0.4, 0.5) is 5.82 Å². The van der Waals surface area contributed by atoms with Crippen LogP contribution in [0, 0.1) is 0 Å². The molecule has 2 aromatic carbocycles. The van der Waals surface area contributed by atoms with Crippen LogP contribution in [-0.4, -0.2) is 35.0 Å². The molecule has 6 heteroatoms. The number of anilines is 1. The molecule has 1 amide bonds. The molecular formula is C22H23N3O3. The minimum atomic E-state index is -0.243. The third kappa shape index (κ3) is 4.58. The number of hydrogen-bond acceptors (Lipinski definition) is 4. The maximum atomic E-state index is 12.7. The molecule has 0 radical (unpaired) electrons. The van der Waals surface area contributed by atoms with E-state index in [0.29, 0.717) is 30.3 Å². The lowest BCUT2D eigenvalue weighted by Crippen LogP contribution is -2.19. The summed E-state index contributed by atoms with van der Waals surface area (Å²) in [6.07, 6.45) is 4.00. The van der Waals surface area contributed by atoms with Gasteiger partial charge in [-0.15, -0.1) is 0 Å². The summed E-state index contributed by atoms with van der Waals surface area (Å²) in [6, 6.07) is 19.1. The fourth-order valence-electron chi connectivity index (χ4n) is 3.21. The standard InChI is InChI=1S/C22H23N3O3/c26-22(19-10-4-5-11-20(19)28-16-18-9-6-14-27-18)23-21-12-13-25(24-21)15-17-7-2-1-3-8-17/h1-5,7-8,10-13,18H,6,9,14-16H2,(H,23,24,26). The number of amides is 1. The number of nitrogens with one attached hydrogen (secondary N) is 1. The number of rotatable bonds is 7. The first-order chi connectivity index (χ1) is 13.8. The number of aromatic nitrogens is 2. The molecule has 1 saturated heterocycles. The van der Waals surface area contributed by atoms with Crippen LogP contribution in [0.25, 0.3) is 0 Å². The van der Waals surface area contributed by atoms with Gasteiger partial charge in [-0.3, -0.25) is 9.48 Å². The topological polar surface area (TPSA) is 65.4 Å². The second kappa shape index (κ2) is 8.71. The van der Waals surface area contributed by atoms with E-state index in [1.807, 2.05) is 48.7 Å². The number of hydrogen-bond donors (Lipinski definition) is 1. The Morgan fingerprint density at radius 3 is 2.79 bits per heavy atom. The summed E-state index contributed by atoms with van der Waals surface area (Å²) in [7, 11) is 0. The Hall–Kier alpha value is -3.12. The Labute approximate surface area is 164 Å². The van der Waals surface area contributed by atoms with E-state index in [1.165, 1.54) is 0 Å². The van der Waals surface area contributed by atoms with Crippen molar-refractivity contribution in [3.05, 3.63) is 78.0 Å². The molecule has 1 aliphatic heterocycles. The average Bonchev–Trinajstić information content (AvgIpc) is 3.39. The van der Waals surface area contributed by atoms with Crippen molar-refractivity contribution in [1.82, 2.24) is 9.78 Å². The summed E-state index contributed by atoms with van der Waals surface area (Å²) in [4.78, 5) is 12.7. The SMILES string of the molecule is O=C(Nc1ccn(Cc2ccccc2)n1)c1ccccc1OCC1CCCO1. The van der Waals surface area contributed by atoms with Crippen molar-refractivity contribution in [2.45, 2.75) is 25.5 Å². The van der Waals surface area contributed by atoms with E-state index in [4.69, 9.17) is 9.47 Å². The van der Waals surface area contributed by atoms with Gasteiger partial charge in [0.1, 0.15) is 12.4 Å². The third-order valence-electron chi connectivity index (χ3n) is 4.65. The molecule has 0 bridgehead atoms. The Morgan fingerprint density at radius 2 is 1.96 bits per heavy atom. The van der Waals surface area contributed by atoms with Gasteiger partial charge in [0.05, 0.1) is 18.2 Å². The number of carbonyl (C=O) groups excluding carboxylic acids is 1. The molecule has 0 aliphatic carbocycles. The molecule has 2 heterocycles. The number of para-hydroxylation sites is 1. The van der Waals surface area contributed by atoms with Crippen LogP contribution in [0.2, 0.25) is 0 Å². The fraction of sp³-hybridized carbons (Fsp3) is 0.273. The highest BCUT2D eigenvalue weighted by Gasteiger charge is 2.18. The smallest absolute Gasteiger partial charge is 0.260 e. The largest absolute Gasteiger partial charge is 0.490 e. The van der Waals surface area contributed by atoms with Crippen LogP contribution >= 0.6 is 0 Å². The zero-order valence-corrected chi connectivity index (χ0v) is 15.6. The van der Waals surface area contributed by atoms with Crippen LogP contribution < -0.4 is 10.1 Å². The predicted molar refractivity (Wildman–Crippen MR) is 107 cm³/mol. The van der Waals surface area contributed by atoms with Crippen molar-refractivity contribution < 1.29 is 14.3 Å². The molecule has 0 spiro atoms. The predicted octanol–water partition coefficient (Wildman–Crippen LogP) is 3.74. The van der Waals surface area contributed by atoms with Gasteiger partial charge in [-0.1, -0.05) is 42.5 Å². The second-order valence-electron chi connectivity index (χ2n) is 6.78. The van der Waals surface area contributed by atoms with Gasteiger partial charge in [0.25, 0.3) is 5.91 Å². The van der Waals surface area contributed by atoms with Crippen molar-refractivity contribution in [1.29, 1.82) is 0 Å². The van der Waals surface area contributed by atoms with E-state index in [9.17, 15) is 4.79 Å². The molecular weight excluding hydrogens is 354 g/mol. The quantitative estimate of drug-likeness (QED) is 0.681. The normalized spacial score (nSPS) is 16.1. The molecule has 1 aliphatic rings. The molecule has 0 saturated carbocycles. The summed E-state index contributed by atoms with van der Waals surface area (Å²) < 4.78 is 13.2. The van der Waals surface area contributed by atoms with Crippen molar-refractivity contribution in [2.75, 3.05) is 18.5 Å². The lowest BCUT2D eigenvalue weighted by atomic mass is 10.2. The van der Waals surface area contributed by atoms with Gasteiger partial charge >= 0.3 is 0 Å². The monoisotopic (exact) mass is 377 g/mol. The number of benzene rings is 2. The van der Waals surface area contributed by atoms with E-state index < -0.39 is 0 Å². The summed E-state index contributed by atoms with van der Waals surface area (Å²) in [5.74, 6) is 0.821. The molecule has 1 unspecified atom stereocenters. The van der Waals surface area contributed by atoms with Crippen molar-refractivity contribution >= 4 is 11.7 Å². The third-order valence-corrected chi connectivity index (χ3v) is 4.65. The van der Waals surface area contributed by atoms with Gasteiger partial charge in [0, 0.05) is 18.9 Å². The average molecular weight is 377 g/mol. The molecule has 3 aromatic rings.